The van der Waals surface area contributed by atoms with Crippen LogP contribution in [0.4, 0.5) is 8.78 Å². The van der Waals surface area contributed by atoms with Gasteiger partial charge in [0.05, 0.1) is 30.8 Å². The molecule has 1 aliphatic heterocycles. The Labute approximate surface area is 179 Å². The monoisotopic (exact) mass is 434 g/mol. The van der Waals surface area contributed by atoms with Crippen LogP contribution in [0.3, 0.4) is 0 Å². The molecule has 3 rings (SSSR count). The van der Waals surface area contributed by atoms with Gasteiger partial charge < -0.3 is 20.3 Å². The van der Waals surface area contributed by atoms with E-state index in [1.807, 2.05) is 11.9 Å². The van der Waals surface area contributed by atoms with Crippen LogP contribution in [0.1, 0.15) is 12.2 Å². The van der Waals surface area contributed by atoms with E-state index < -0.39 is 12.2 Å². The molecule has 0 atom stereocenters. The van der Waals surface area contributed by atoms with Crippen LogP contribution in [0.5, 0.6) is 0 Å². The first-order valence-electron chi connectivity index (χ1n) is 10.2. The van der Waals surface area contributed by atoms with Crippen molar-refractivity contribution in [3.8, 4) is 0 Å². The number of morpholine rings is 1. The Balaban J connectivity index is 1.99. The van der Waals surface area contributed by atoms with Crippen LogP contribution in [0.2, 0.25) is 0 Å². The van der Waals surface area contributed by atoms with Crippen molar-refractivity contribution in [2.24, 2.45) is 15.0 Å². The number of nitrogens with one attached hydrogen (secondary N) is 2. The second kappa shape index (κ2) is 11.6. The molecule has 0 aliphatic carbocycles. The van der Waals surface area contributed by atoms with E-state index in [-0.39, 0.29) is 5.96 Å². The van der Waals surface area contributed by atoms with Gasteiger partial charge in [0, 0.05) is 32.7 Å². The normalized spacial score (nSPS) is 15.8. The smallest absolute Gasteiger partial charge is 0.296 e. The van der Waals surface area contributed by atoms with Crippen molar-refractivity contribution in [2.45, 2.75) is 6.43 Å². The van der Waals surface area contributed by atoms with Gasteiger partial charge in [-0.15, -0.1) is 0 Å². The van der Waals surface area contributed by atoms with Crippen LogP contribution >= 0.6 is 0 Å². The molecule has 31 heavy (non-hydrogen) atoms. The van der Waals surface area contributed by atoms with E-state index in [0.717, 1.165) is 13.1 Å². The van der Waals surface area contributed by atoms with E-state index in [0.29, 0.717) is 56.4 Å². The van der Waals surface area contributed by atoms with E-state index in [2.05, 4.69) is 37.3 Å². The maximum absolute atomic E-state index is 13.9. The number of aliphatic imine (C=N–C) groups is 3. The van der Waals surface area contributed by atoms with Gasteiger partial charge in [-0.1, -0.05) is 12.1 Å². The Morgan fingerprint density at radius 3 is 2.68 bits per heavy atom. The van der Waals surface area contributed by atoms with Crippen molar-refractivity contribution < 1.29 is 13.5 Å². The third-order valence-electron chi connectivity index (χ3n) is 4.71. The second-order valence-electron chi connectivity index (χ2n) is 6.80. The van der Waals surface area contributed by atoms with E-state index >= 15 is 0 Å². The summed E-state index contributed by atoms with van der Waals surface area (Å²) in [6.45, 7) is 8.37. The number of para-hydroxylation sites is 2. The first kappa shape index (κ1) is 22.9. The number of aromatic nitrogens is 2. The third kappa shape index (κ3) is 5.90. The summed E-state index contributed by atoms with van der Waals surface area (Å²) in [6.07, 6.45) is -2.79. The number of likely N-dealkylation sites (N-methyl/N-ethyl adjacent to an activating group) is 1. The standard InChI is InChI=1S/C20H28F2N8O/c1-23-7-8-25-9-10-26-20(28-19(24-2)29-11-13-31-14-12-29)30-16-6-4-3-5-15(16)27-18(30)17(21)22/h3-6,17,23,25H,2,7-14H2,1H3/b26-20+,28-19+. The highest BCUT2D eigenvalue weighted by Crippen LogP contribution is 2.24. The quantitative estimate of drug-likeness (QED) is 0.390. The van der Waals surface area contributed by atoms with Gasteiger partial charge in [0.2, 0.25) is 11.9 Å². The van der Waals surface area contributed by atoms with E-state index in [9.17, 15) is 8.78 Å². The molecule has 2 N–H and O–H groups in total. The van der Waals surface area contributed by atoms with Crippen LogP contribution in [0, 0.1) is 0 Å². The number of rotatable bonds is 7. The summed E-state index contributed by atoms with van der Waals surface area (Å²) < 4.78 is 34.4. The molecule has 0 unspecified atom stereocenters. The summed E-state index contributed by atoms with van der Waals surface area (Å²) >= 11 is 0. The zero-order valence-corrected chi connectivity index (χ0v) is 17.6. The molecule has 0 radical (unpaired) electrons. The summed E-state index contributed by atoms with van der Waals surface area (Å²) in [5.41, 5.74) is 0.959. The number of guanidine groups is 1. The minimum absolute atomic E-state index is 0.105. The molecule has 1 aromatic heterocycles. The topological polar surface area (TPSA) is 91.4 Å². The number of hydrogen-bond acceptors (Lipinski definition) is 5. The van der Waals surface area contributed by atoms with Crippen molar-refractivity contribution >= 4 is 29.7 Å². The fourth-order valence-electron chi connectivity index (χ4n) is 3.19. The lowest BCUT2D eigenvalue weighted by Crippen LogP contribution is -2.40. The van der Waals surface area contributed by atoms with Crippen molar-refractivity contribution in [3.05, 3.63) is 30.1 Å². The lowest BCUT2D eigenvalue weighted by atomic mass is 10.3. The van der Waals surface area contributed by atoms with Gasteiger partial charge in [-0.05, 0) is 25.9 Å². The van der Waals surface area contributed by atoms with Gasteiger partial charge in [-0.2, -0.15) is 4.99 Å². The van der Waals surface area contributed by atoms with Crippen LogP contribution in [0.15, 0.2) is 39.2 Å². The van der Waals surface area contributed by atoms with E-state index in [4.69, 9.17) is 4.74 Å². The lowest BCUT2D eigenvalue weighted by Gasteiger charge is -2.27. The molecule has 1 aliphatic rings. The highest BCUT2D eigenvalue weighted by molar-refractivity contribution is 6.01. The van der Waals surface area contributed by atoms with E-state index in [1.54, 1.807) is 24.3 Å². The number of ether oxygens (including phenoxy) is 1. The van der Waals surface area contributed by atoms with Crippen LogP contribution in [-0.4, -0.2) is 92.6 Å². The van der Waals surface area contributed by atoms with Gasteiger partial charge in [0.25, 0.3) is 6.43 Å². The van der Waals surface area contributed by atoms with Crippen molar-refractivity contribution in [3.63, 3.8) is 0 Å². The molecule has 1 aromatic carbocycles. The molecule has 1 saturated heterocycles. The Bertz CT molecular complexity index is 921. The fourth-order valence-corrected chi connectivity index (χ4v) is 3.19. The summed E-state index contributed by atoms with van der Waals surface area (Å²) in [6, 6.07) is 6.93. The first-order valence-corrected chi connectivity index (χ1v) is 10.2. The summed E-state index contributed by atoms with van der Waals surface area (Å²) in [5.74, 6) is 0.0220. The number of alkyl halides is 2. The Morgan fingerprint density at radius 2 is 1.97 bits per heavy atom. The van der Waals surface area contributed by atoms with Gasteiger partial charge in [0.1, 0.15) is 0 Å². The molecule has 0 amide bonds. The molecule has 9 nitrogen and oxygen atoms in total. The molecule has 0 spiro atoms. The maximum atomic E-state index is 13.9. The molecule has 11 heteroatoms. The van der Waals surface area contributed by atoms with Gasteiger partial charge in [0.15, 0.2) is 5.82 Å². The number of benzene rings is 1. The molecular weight excluding hydrogens is 406 g/mol. The van der Waals surface area contributed by atoms with Gasteiger partial charge >= 0.3 is 0 Å². The van der Waals surface area contributed by atoms with Gasteiger partial charge in [-0.3, -0.25) is 4.57 Å². The van der Waals surface area contributed by atoms with Crippen molar-refractivity contribution in [1.82, 2.24) is 25.1 Å². The second-order valence-corrected chi connectivity index (χ2v) is 6.80. The predicted molar refractivity (Wildman–Crippen MR) is 119 cm³/mol. The molecule has 0 saturated carbocycles. The number of hydrogen-bond donors (Lipinski definition) is 2. The highest BCUT2D eigenvalue weighted by Gasteiger charge is 2.23. The Kier molecular flexibility index (Phi) is 8.56. The number of fused-ring (bicyclic) bond motifs is 1. The first-order chi connectivity index (χ1) is 15.2. The Morgan fingerprint density at radius 1 is 1.19 bits per heavy atom. The van der Waals surface area contributed by atoms with Crippen LogP contribution in [-0.2, 0) is 4.74 Å². The Hall–Kier alpha value is -2.76. The zero-order chi connectivity index (χ0) is 22.1. The van der Waals surface area contributed by atoms with Gasteiger partial charge in [-0.25, -0.2) is 23.7 Å². The minimum atomic E-state index is -2.79. The van der Waals surface area contributed by atoms with Crippen LogP contribution < -0.4 is 10.6 Å². The fraction of sp³-hybridized carbons (Fsp3) is 0.500. The minimum Gasteiger partial charge on any atom is -0.378 e. The molecule has 0 bridgehead atoms. The van der Waals surface area contributed by atoms with E-state index in [1.165, 1.54) is 4.57 Å². The molecular formula is C20H28F2N8O. The molecule has 1 fully saturated rings. The summed E-state index contributed by atoms with van der Waals surface area (Å²) in [4.78, 5) is 19.1. The molecule has 2 aromatic rings. The maximum Gasteiger partial charge on any atom is 0.296 e. The number of nitrogens with zero attached hydrogens (tertiary/aromatic N) is 6. The molecule has 168 valence electrons. The largest absolute Gasteiger partial charge is 0.378 e. The zero-order valence-electron chi connectivity index (χ0n) is 17.6. The number of imidazole rings is 1. The average Bonchev–Trinajstić information content (AvgIpc) is 3.19. The summed E-state index contributed by atoms with van der Waals surface area (Å²) in [7, 11) is 1.87. The third-order valence-corrected chi connectivity index (χ3v) is 4.71. The predicted octanol–water partition coefficient (Wildman–Crippen LogP) is 1.38. The average molecular weight is 434 g/mol. The van der Waals surface area contributed by atoms with Crippen molar-refractivity contribution in [1.29, 1.82) is 0 Å². The lowest BCUT2D eigenvalue weighted by molar-refractivity contribution is 0.0677. The number of halogens is 2. The highest BCUT2D eigenvalue weighted by atomic mass is 19.3. The SMILES string of the molecule is C=N/C(=N\C(=N/CCNCCNC)n1c(C(F)F)nc2ccccc21)N1CCOCC1. The van der Waals surface area contributed by atoms with Crippen molar-refractivity contribution in [2.75, 3.05) is 59.5 Å². The van der Waals surface area contributed by atoms with Crippen LogP contribution in [0.25, 0.3) is 11.0 Å². The molecule has 2 heterocycles. The summed E-state index contributed by atoms with van der Waals surface area (Å²) in [5, 5.41) is 6.29.